The number of likely N-dealkylation sites (N-methyl/N-ethyl adjacent to an activating group) is 2. The molecule has 0 bridgehead atoms. The lowest BCUT2D eigenvalue weighted by Gasteiger charge is -2.27. The molecule has 0 saturated carbocycles. The molecule has 2 atom stereocenters. The monoisotopic (exact) mass is 296 g/mol. The van der Waals surface area contributed by atoms with Gasteiger partial charge >= 0.3 is 0 Å². The minimum absolute atomic E-state index is 0.344. The van der Waals surface area contributed by atoms with Crippen LogP contribution in [0.5, 0.6) is 0 Å². The van der Waals surface area contributed by atoms with Gasteiger partial charge in [-0.3, -0.25) is 4.90 Å². The highest BCUT2D eigenvalue weighted by Crippen LogP contribution is 2.25. The summed E-state index contributed by atoms with van der Waals surface area (Å²) in [6, 6.07) is 1.04. The third kappa shape index (κ3) is 3.71. The van der Waals surface area contributed by atoms with Crippen LogP contribution in [-0.4, -0.2) is 49.2 Å². The first-order valence-electron chi connectivity index (χ1n) is 7.79. The van der Waals surface area contributed by atoms with E-state index < -0.39 is 0 Å². The molecule has 1 saturated heterocycles. The van der Waals surface area contributed by atoms with Crippen LogP contribution in [-0.2, 0) is 0 Å². The van der Waals surface area contributed by atoms with E-state index in [4.69, 9.17) is 4.98 Å². The molecular weight excluding hydrogens is 268 g/mol. The highest BCUT2D eigenvalue weighted by molar-refractivity contribution is 7.13. The summed E-state index contributed by atoms with van der Waals surface area (Å²) in [5.41, 5.74) is 1.16. The average molecular weight is 296 g/mol. The van der Waals surface area contributed by atoms with Crippen LogP contribution in [0.4, 0.5) is 5.13 Å². The van der Waals surface area contributed by atoms with E-state index in [9.17, 15) is 0 Å². The zero-order chi connectivity index (χ0) is 14.5. The van der Waals surface area contributed by atoms with E-state index in [1.54, 1.807) is 11.3 Å². The zero-order valence-electron chi connectivity index (χ0n) is 13.2. The van der Waals surface area contributed by atoms with E-state index in [-0.39, 0.29) is 0 Å². The van der Waals surface area contributed by atoms with Gasteiger partial charge < -0.3 is 10.2 Å². The summed E-state index contributed by atoms with van der Waals surface area (Å²) in [5.74, 6) is 0. The molecular formula is C15H28N4S. The smallest absolute Gasteiger partial charge is 0.185 e. The first-order chi connectivity index (χ1) is 9.65. The second kappa shape index (κ2) is 7.38. The fourth-order valence-electron chi connectivity index (χ4n) is 2.97. The molecule has 1 N–H and O–H groups in total. The van der Waals surface area contributed by atoms with E-state index in [0.29, 0.717) is 12.1 Å². The van der Waals surface area contributed by atoms with Crippen LogP contribution >= 0.6 is 11.3 Å². The first-order valence-corrected chi connectivity index (χ1v) is 8.67. The molecule has 0 amide bonds. The molecule has 4 nitrogen and oxygen atoms in total. The zero-order valence-corrected chi connectivity index (χ0v) is 14.0. The highest BCUT2D eigenvalue weighted by Gasteiger charge is 2.25. The van der Waals surface area contributed by atoms with Gasteiger partial charge in [0.15, 0.2) is 5.13 Å². The predicted octanol–water partition coefficient (Wildman–Crippen LogP) is 2.73. The number of thiazole rings is 1. The number of aromatic nitrogens is 1. The maximum atomic E-state index is 4.79. The predicted molar refractivity (Wildman–Crippen MR) is 87.7 cm³/mol. The van der Waals surface area contributed by atoms with Crippen LogP contribution in [0, 0.1) is 0 Å². The maximum absolute atomic E-state index is 4.79. The molecule has 1 fully saturated rings. The molecule has 0 spiro atoms. The van der Waals surface area contributed by atoms with Crippen molar-refractivity contribution in [3.05, 3.63) is 11.1 Å². The molecule has 1 aromatic rings. The second-order valence-corrected chi connectivity index (χ2v) is 6.48. The van der Waals surface area contributed by atoms with E-state index in [2.05, 4.69) is 48.3 Å². The van der Waals surface area contributed by atoms with Crippen molar-refractivity contribution in [1.29, 1.82) is 0 Å². The van der Waals surface area contributed by atoms with Crippen molar-refractivity contribution in [3.8, 4) is 0 Å². The van der Waals surface area contributed by atoms with Gasteiger partial charge in [-0.25, -0.2) is 4.98 Å². The quantitative estimate of drug-likeness (QED) is 0.838. The molecule has 1 aliphatic heterocycles. The van der Waals surface area contributed by atoms with Crippen LogP contribution in [0.25, 0.3) is 0 Å². The Hall–Kier alpha value is -0.650. The van der Waals surface area contributed by atoms with Gasteiger partial charge in [0.2, 0.25) is 0 Å². The van der Waals surface area contributed by atoms with E-state index in [1.165, 1.54) is 25.9 Å². The molecule has 20 heavy (non-hydrogen) atoms. The van der Waals surface area contributed by atoms with Crippen molar-refractivity contribution in [2.24, 2.45) is 0 Å². The third-order valence-electron chi connectivity index (χ3n) is 4.18. The lowest BCUT2D eigenvalue weighted by atomic mass is 10.2. The van der Waals surface area contributed by atoms with Gasteiger partial charge in [0.25, 0.3) is 0 Å². The number of rotatable bonds is 7. The van der Waals surface area contributed by atoms with E-state index >= 15 is 0 Å². The lowest BCUT2D eigenvalue weighted by molar-refractivity contribution is 0.270. The summed E-state index contributed by atoms with van der Waals surface area (Å²) in [5, 5.41) is 6.75. The van der Waals surface area contributed by atoms with Gasteiger partial charge in [-0.2, -0.15) is 0 Å². The van der Waals surface area contributed by atoms with Gasteiger partial charge in [-0.05, 0) is 39.4 Å². The fourth-order valence-corrected chi connectivity index (χ4v) is 3.87. The molecule has 1 aromatic heterocycles. The van der Waals surface area contributed by atoms with Crippen molar-refractivity contribution in [1.82, 2.24) is 15.2 Å². The lowest BCUT2D eigenvalue weighted by Crippen LogP contribution is -2.38. The molecule has 2 unspecified atom stereocenters. The third-order valence-corrected chi connectivity index (χ3v) is 5.15. The Bertz CT molecular complexity index is 406. The van der Waals surface area contributed by atoms with Crippen LogP contribution in [0.15, 0.2) is 5.38 Å². The second-order valence-electron chi connectivity index (χ2n) is 5.64. The number of hydrogen-bond acceptors (Lipinski definition) is 5. The van der Waals surface area contributed by atoms with Crippen LogP contribution in [0.2, 0.25) is 0 Å². The van der Waals surface area contributed by atoms with Crippen molar-refractivity contribution in [2.45, 2.75) is 45.7 Å². The molecule has 1 aliphatic rings. The SMILES string of the molecule is CCNC(C)c1csc(N(C)CC2CCCN2CC)n1. The Morgan fingerprint density at radius 1 is 1.55 bits per heavy atom. The van der Waals surface area contributed by atoms with Crippen LogP contribution in [0.3, 0.4) is 0 Å². The Labute approximate surface area is 127 Å². The number of hydrogen-bond donors (Lipinski definition) is 1. The Kier molecular flexibility index (Phi) is 5.81. The summed E-state index contributed by atoms with van der Waals surface area (Å²) >= 11 is 1.76. The first kappa shape index (κ1) is 15.7. The highest BCUT2D eigenvalue weighted by atomic mass is 32.1. The fraction of sp³-hybridized carbons (Fsp3) is 0.800. The maximum Gasteiger partial charge on any atom is 0.185 e. The topological polar surface area (TPSA) is 31.4 Å². The summed E-state index contributed by atoms with van der Waals surface area (Å²) in [6.07, 6.45) is 2.66. The average Bonchev–Trinajstić information content (AvgIpc) is 3.07. The van der Waals surface area contributed by atoms with E-state index in [0.717, 1.165) is 23.9 Å². The number of nitrogens with one attached hydrogen (secondary N) is 1. The van der Waals surface area contributed by atoms with Crippen LogP contribution in [0.1, 0.15) is 45.3 Å². The van der Waals surface area contributed by atoms with Crippen molar-refractivity contribution in [3.63, 3.8) is 0 Å². The molecule has 2 heterocycles. The standard InChI is InChI=1S/C15H28N4S/c1-5-16-12(3)14-11-20-15(17-14)18(4)10-13-8-7-9-19(13)6-2/h11-13,16H,5-10H2,1-4H3. The Morgan fingerprint density at radius 2 is 2.35 bits per heavy atom. The molecule has 5 heteroatoms. The minimum Gasteiger partial charge on any atom is -0.350 e. The normalized spacial score (nSPS) is 21.3. The van der Waals surface area contributed by atoms with Gasteiger partial charge in [0.05, 0.1) is 5.69 Å². The Balaban J connectivity index is 1.94. The minimum atomic E-state index is 0.344. The molecule has 0 aliphatic carbocycles. The number of anilines is 1. The van der Waals surface area contributed by atoms with Crippen molar-refractivity contribution in [2.75, 3.05) is 38.1 Å². The largest absolute Gasteiger partial charge is 0.350 e. The van der Waals surface area contributed by atoms with Crippen molar-refractivity contribution < 1.29 is 0 Å². The summed E-state index contributed by atoms with van der Waals surface area (Å²) in [4.78, 5) is 9.70. The summed E-state index contributed by atoms with van der Waals surface area (Å²) in [6.45, 7) is 11.1. The van der Waals surface area contributed by atoms with Crippen LogP contribution < -0.4 is 10.2 Å². The summed E-state index contributed by atoms with van der Waals surface area (Å²) in [7, 11) is 2.17. The van der Waals surface area contributed by atoms with E-state index in [1.807, 2.05) is 0 Å². The molecule has 0 aromatic carbocycles. The summed E-state index contributed by atoms with van der Waals surface area (Å²) < 4.78 is 0. The molecule has 2 rings (SSSR count). The van der Waals surface area contributed by atoms with Gasteiger partial charge in [-0.1, -0.05) is 13.8 Å². The molecule has 0 radical (unpaired) electrons. The van der Waals surface area contributed by atoms with Gasteiger partial charge in [0.1, 0.15) is 0 Å². The molecule has 114 valence electrons. The van der Waals surface area contributed by atoms with Crippen molar-refractivity contribution >= 4 is 16.5 Å². The van der Waals surface area contributed by atoms with Gasteiger partial charge in [-0.15, -0.1) is 11.3 Å². The number of nitrogens with zero attached hydrogens (tertiary/aromatic N) is 3. The Morgan fingerprint density at radius 3 is 3.05 bits per heavy atom. The number of likely N-dealkylation sites (tertiary alicyclic amines) is 1. The van der Waals surface area contributed by atoms with Gasteiger partial charge in [0, 0.05) is 31.1 Å².